The standard InChI is InChI=1S/C28H31N3O7/c1-16(2)38-28(34)25-18(4)29-17(3)24(26(25)21-7-6-8-23(15-21)31(35)36)27(33)37-14-13-20-9-11-22(12-10-20)30-19(5)32/h6-12,15-16,26,29H,13-14H2,1-5H3,(H,30,32). The van der Waals surface area contributed by atoms with Gasteiger partial charge in [-0.2, -0.15) is 0 Å². The van der Waals surface area contributed by atoms with Gasteiger partial charge in [0.05, 0.1) is 34.7 Å². The van der Waals surface area contributed by atoms with E-state index in [2.05, 4.69) is 10.6 Å². The highest BCUT2D eigenvalue weighted by atomic mass is 16.6. The van der Waals surface area contributed by atoms with Crippen molar-refractivity contribution in [3.63, 3.8) is 0 Å². The highest BCUT2D eigenvalue weighted by Crippen LogP contribution is 2.40. The molecule has 10 heteroatoms. The molecule has 2 aromatic carbocycles. The van der Waals surface area contributed by atoms with Crippen molar-refractivity contribution in [2.45, 2.75) is 53.1 Å². The Labute approximate surface area is 220 Å². The molecule has 1 aliphatic rings. The van der Waals surface area contributed by atoms with E-state index >= 15 is 0 Å². The molecule has 1 amide bonds. The maximum absolute atomic E-state index is 13.4. The smallest absolute Gasteiger partial charge is 0.337 e. The van der Waals surface area contributed by atoms with Crippen LogP contribution in [-0.4, -0.2) is 35.5 Å². The van der Waals surface area contributed by atoms with E-state index in [-0.39, 0.29) is 29.3 Å². The minimum absolute atomic E-state index is 0.0607. The van der Waals surface area contributed by atoms with Gasteiger partial charge in [-0.1, -0.05) is 24.3 Å². The van der Waals surface area contributed by atoms with Crippen molar-refractivity contribution < 1.29 is 28.8 Å². The molecule has 10 nitrogen and oxygen atoms in total. The van der Waals surface area contributed by atoms with Crippen molar-refractivity contribution in [1.29, 1.82) is 0 Å². The quantitative estimate of drug-likeness (QED) is 0.279. The molecule has 2 aromatic rings. The minimum Gasteiger partial charge on any atom is -0.462 e. The van der Waals surface area contributed by atoms with E-state index in [1.807, 2.05) is 12.1 Å². The second-order valence-corrected chi connectivity index (χ2v) is 9.21. The Hall–Kier alpha value is -4.47. The number of ether oxygens (including phenoxy) is 2. The molecule has 0 fully saturated rings. The number of hydrogen-bond donors (Lipinski definition) is 2. The molecular formula is C28H31N3O7. The van der Waals surface area contributed by atoms with Gasteiger partial charge in [-0.15, -0.1) is 0 Å². The van der Waals surface area contributed by atoms with Gasteiger partial charge in [-0.05, 0) is 51.0 Å². The van der Waals surface area contributed by atoms with Gasteiger partial charge >= 0.3 is 11.9 Å². The predicted octanol–water partition coefficient (Wildman–Crippen LogP) is 4.53. The summed E-state index contributed by atoms with van der Waals surface area (Å²) >= 11 is 0. The first-order valence-corrected chi connectivity index (χ1v) is 12.2. The summed E-state index contributed by atoms with van der Waals surface area (Å²) in [7, 11) is 0. The lowest BCUT2D eigenvalue weighted by atomic mass is 9.80. The normalized spacial score (nSPS) is 15.2. The third-order valence-electron chi connectivity index (χ3n) is 5.86. The van der Waals surface area contributed by atoms with Crippen molar-refractivity contribution in [1.82, 2.24) is 5.32 Å². The summed E-state index contributed by atoms with van der Waals surface area (Å²) in [5, 5.41) is 17.2. The van der Waals surface area contributed by atoms with Crippen LogP contribution in [0.3, 0.4) is 0 Å². The molecule has 0 spiro atoms. The number of benzene rings is 2. The van der Waals surface area contributed by atoms with Crippen LogP contribution < -0.4 is 10.6 Å². The van der Waals surface area contributed by atoms with Crippen molar-refractivity contribution in [3.8, 4) is 0 Å². The molecule has 0 radical (unpaired) electrons. The maximum Gasteiger partial charge on any atom is 0.337 e. The van der Waals surface area contributed by atoms with Crippen LogP contribution in [-0.2, 0) is 30.3 Å². The third kappa shape index (κ3) is 6.84. The molecule has 38 heavy (non-hydrogen) atoms. The van der Waals surface area contributed by atoms with E-state index in [1.165, 1.54) is 25.1 Å². The Kier molecular flexibility index (Phi) is 9.01. The number of nitrogens with zero attached hydrogens (tertiary/aromatic N) is 1. The van der Waals surface area contributed by atoms with Gasteiger partial charge in [-0.3, -0.25) is 14.9 Å². The Balaban J connectivity index is 1.89. The van der Waals surface area contributed by atoms with Crippen LogP contribution >= 0.6 is 0 Å². The van der Waals surface area contributed by atoms with Crippen LogP contribution in [0.5, 0.6) is 0 Å². The largest absolute Gasteiger partial charge is 0.462 e. The molecule has 0 bridgehead atoms. The number of allylic oxidation sites excluding steroid dienone is 2. The fourth-order valence-corrected chi connectivity index (χ4v) is 4.26. The van der Waals surface area contributed by atoms with Gasteiger partial charge in [0, 0.05) is 42.6 Å². The van der Waals surface area contributed by atoms with Crippen LogP contribution in [0.1, 0.15) is 51.7 Å². The number of hydrogen-bond acceptors (Lipinski definition) is 8. The maximum atomic E-state index is 13.4. The number of esters is 2. The number of anilines is 1. The summed E-state index contributed by atoms with van der Waals surface area (Å²) in [6.45, 7) is 8.30. The van der Waals surface area contributed by atoms with Crippen LogP contribution in [0, 0.1) is 10.1 Å². The summed E-state index contributed by atoms with van der Waals surface area (Å²) in [4.78, 5) is 48.7. The highest BCUT2D eigenvalue weighted by Gasteiger charge is 2.38. The number of dihydropyridines is 1. The zero-order valence-corrected chi connectivity index (χ0v) is 22.0. The van der Waals surface area contributed by atoms with Gasteiger partial charge in [0.25, 0.3) is 5.69 Å². The van der Waals surface area contributed by atoms with E-state index in [0.29, 0.717) is 29.1 Å². The molecule has 1 aliphatic heterocycles. The zero-order chi connectivity index (χ0) is 28.0. The first-order valence-electron chi connectivity index (χ1n) is 12.2. The minimum atomic E-state index is -0.924. The van der Waals surface area contributed by atoms with Gasteiger partial charge in [0.2, 0.25) is 5.91 Å². The predicted molar refractivity (Wildman–Crippen MR) is 141 cm³/mol. The lowest BCUT2D eigenvalue weighted by Gasteiger charge is -2.30. The molecule has 0 aliphatic carbocycles. The number of nitro groups is 1. The Morgan fingerprint density at radius 2 is 1.66 bits per heavy atom. The average molecular weight is 522 g/mol. The van der Waals surface area contributed by atoms with E-state index in [0.717, 1.165) is 5.56 Å². The number of rotatable bonds is 9. The van der Waals surface area contributed by atoms with Crippen molar-refractivity contribution in [2.75, 3.05) is 11.9 Å². The van der Waals surface area contributed by atoms with Crippen molar-refractivity contribution >= 4 is 29.2 Å². The van der Waals surface area contributed by atoms with Gasteiger partial charge in [0.1, 0.15) is 0 Å². The Morgan fingerprint density at radius 1 is 1.03 bits per heavy atom. The van der Waals surface area contributed by atoms with E-state index in [1.54, 1.807) is 45.9 Å². The number of non-ortho nitro benzene ring substituents is 1. The lowest BCUT2D eigenvalue weighted by Crippen LogP contribution is -2.33. The first-order chi connectivity index (χ1) is 18.0. The van der Waals surface area contributed by atoms with Gasteiger partial charge < -0.3 is 20.1 Å². The highest BCUT2D eigenvalue weighted by molar-refractivity contribution is 6.00. The van der Waals surface area contributed by atoms with E-state index in [4.69, 9.17) is 9.47 Å². The second-order valence-electron chi connectivity index (χ2n) is 9.21. The second kappa shape index (κ2) is 12.2. The summed E-state index contributed by atoms with van der Waals surface area (Å²) in [5.41, 5.74) is 3.11. The number of carbonyl (C=O) groups excluding carboxylic acids is 3. The molecule has 0 aromatic heterocycles. The van der Waals surface area contributed by atoms with Crippen LogP contribution in [0.2, 0.25) is 0 Å². The molecule has 200 valence electrons. The molecule has 0 saturated heterocycles. The molecule has 2 N–H and O–H groups in total. The Morgan fingerprint density at radius 3 is 2.24 bits per heavy atom. The summed E-state index contributed by atoms with van der Waals surface area (Å²) in [6.07, 6.45) is 0.0118. The topological polar surface area (TPSA) is 137 Å². The monoisotopic (exact) mass is 521 g/mol. The van der Waals surface area contributed by atoms with Gasteiger partial charge in [0.15, 0.2) is 0 Å². The van der Waals surface area contributed by atoms with Gasteiger partial charge in [-0.25, -0.2) is 9.59 Å². The Bertz CT molecular complexity index is 1310. The number of amides is 1. The fraction of sp³-hybridized carbons (Fsp3) is 0.321. The summed E-state index contributed by atoms with van der Waals surface area (Å²) in [6, 6.07) is 13.0. The molecule has 1 heterocycles. The fourth-order valence-electron chi connectivity index (χ4n) is 4.26. The number of nitro benzene ring substituents is 1. The molecule has 0 saturated carbocycles. The van der Waals surface area contributed by atoms with Crippen LogP contribution in [0.4, 0.5) is 11.4 Å². The van der Waals surface area contributed by atoms with Crippen molar-refractivity contribution in [2.24, 2.45) is 0 Å². The summed E-state index contributed by atoms with van der Waals surface area (Å²) in [5.74, 6) is -2.37. The van der Waals surface area contributed by atoms with Crippen molar-refractivity contribution in [3.05, 3.63) is 92.3 Å². The average Bonchev–Trinajstić information content (AvgIpc) is 2.83. The van der Waals surface area contributed by atoms with Crippen LogP contribution in [0.25, 0.3) is 0 Å². The first kappa shape index (κ1) is 28.1. The lowest BCUT2D eigenvalue weighted by molar-refractivity contribution is -0.384. The third-order valence-corrected chi connectivity index (χ3v) is 5.86. The molecule has 1 unspecified atom stereocenters. The zero-order valence-electron chi connectivity index (χ0n) is 22.0. The number of nitrogens with one attached hydrogen (secondary N) is 2. The summed E-state index contributed by atoms with van der Waals surface area (Å²) < 4.78 is 11.1. The van der Waals surface area contributed by atoms with E-state index in [9.17, 15) is 24.5 Å². The number of carbonyl (C=O) groups is 3. The SMILES string of the molecule is CC(=O)Nc1ccc(CCOC(=O)C2=C(C)NC(C)=C(C(=O)OC(C)C)C2c2cccc([N+](=O)[O-])c2)cc1. The molecular weight excluding hydrogens is 490 g/mol. The molecule has 1 atom stereocenters. The molecule has 3 rings (SSSR count). The van der Waals surface area contributed by atoms with Crippen LogP contribution in [0.15, 0.2) is 71.1 Å². The van der Waals surface area contributed by atoms with E-state index < -0.39 is 28.9 Å².